The number of hydrogen-bond acceptors (Lipinski definition) is 6. The first-order valence-corrected chi connectivity index (χ1v) is 10.8. The number of rotatable bonds is 3. The van der Waals surface area contributed by atoms with Crippen molar-refractivity contribution < 1.29 is 13.6 Å². The van der Waals surface area contributed by atoms with Gasteiger partial charge in [-0.05, 0) is 38.8 Å². The van der Waals surface area contributed by atoms with Crippen molar-refractivity contribution in [2.45, 2.75) is 26.7 Å². The summed E-state index contributed by atoms with van der Waals surface area (Å²) < 4.78 is 20.1. The monoisotopic (exact) mass is 423 g/mol. The fourth-order valence-electron chi connectivity index (χ4n) is 4.63. The number of anilines is 2. The Hall–Kier alpha value is -3.16. The van der Waals surface area contributed by atoms with E-state index in [4.69, 9.17) is 4.42 Å². The summed E-state index contributed by atoms with van der Waals surface area (Å²) in [5.41, 5.74) is 1.61. The van der Waals surface area contributed by atoms with Gasteiger partial charge in [-0.25, -0.2) is 9.37 Å². The standard InChI is InChI=1S/C23H26FN5O2/c1-15-19(20-21(28-9-5-6-10-28)25-16(2)26-22(20)31-15)23(30)29-13-11-27(12-14-29)18-8-4-3-7-17(18)24/h3-4,7-8H,5-6,9-14H2,1-2H3. The van der Waals surface area contributed by atoms with Crippen molar-refractivity contribution in [3.05, 3.63) is 47.2 Å². The number of aromatic nitrogens is 2. The molecule has 0 aliphatic carbocycles. The number of amides is 1. The molecule has 2 aromatic heterocycles. The SMILES string of the molecule is Cc1nc(N2CCCC2)c2c(C(=O)N3CCN(c4ccccc4F)CC3)c(C)oc2n1. The van der Waals surface area contributed by atoms with Crippen LogP contribution >= 0.6 is 0 Å². The molecule has 162 valence electrons. The maximum Gasteiger partial charge on any atom is 0.258 e. The van der Waals surface area contributed by atoms with Crippen LogP contribution in [-0.4, -0.2) is 60.0 Å². The molecule has 31 heavy (non-hydrogen) atoms. The summed E-state index contributed by atoms with van der Waals surface area (Å²) in [6.07, 6.45) is 2.23. The molecule has 4 heterocycles. The molecule has 5 rings (SSSR count). The van der Waals surface area contributed by atoms with Gasteiger partial charge in [-0.1, -0.05) is 12.1 Å². The molecule has 2 fully saturated rings. The molecule has 3 aromatic rings. The maximum atomic E-state index is 14.2. The number of hydrogen-bond donors (Lipinski definition) is 0. The zero-order chi connectivity index (χ0) is 21.5. The first-order chi connectivity index (χ1) is 15.0. The fraction of sp³-hybridized carbons (Fsp3) is 0.435. The molecular formula is C23H26FN5O2. The van der Waals surface area contributed by atoms with E-state index < -0.39 is 0 Å². The number of carbonyl (C=O) groups is 1. The molecule has 1 aromatic carbocycles. The second-order valence-corrected chi connectivity index (χ2v) is 8.23. The molecule has 8 heteroatoms. The molecule has 7 nitrogen and oxygen atoms in total. The van der Waals surface area contributed by atoms with E-state index in [1.165, 1.54) is 6.07 Å². The third kappa shape index (κ3) is 3.49. The van der Waals surface area contributed by atoms with Crippen molar-refractivity contribution in [3.8, 4) is 0 Å². The Morgan fingerprint density at radius 2 is 1.68 bits per heavy atom. The van der Waals surface area contributed by atoms with E-state index in [-0.39, 0.29) is 11.7 Å². The van der Waals surface area contributed by atoms with Gasteiger partial charge in [0.25, 0.3) is 5.91 Å². The minimum atomic E-state index is -0.235. The van der Waals surface area contributed by atoms with Crippen molar-refractivity contribution >= 4 is 28.5 Å². The van der Waals surface area contributed by atoms with Crippen molar-refractivity contribution in [2.75, 3.05) is 49.1 Å². The van der Waals surface area contributed by atoms with Crippen LogP contribution in [0.4, 0.5) is 15.9 Å². The zero-order valence-corrected chi connectivity index (χ0v) is 17.9. The van der Waals surface area contributed by atoms with E-state index >= 15 is 0 Å². The lowest BCUT2D eigenvalue weighted by atomic mass is 10.1. The van der Waals surface area contributed by atoms with Crippen LogP contribution in [0.1, 0.15) is 34.8 Å². The summed E-state index contributed by atoms with van der Waals surface area (Å²) in [5, 5.41) is 0.714. The quantitative estimate of drug-likeness (QED) is 0.642. The molecule has 2 aliphatic heterocycles. The van der Waals surface area contributed by atoms with Crippen molar-refractivity contribution in [1.29, 1.82) is 0 Å². The predicted octanol–water partition coefficient (Wildman–Crippen LogP) is 3.54. The van der Waals surface area contributed by atoms with E-state index in [1.54, 1.807) is 12.1 Å². The molecule has 0 spiro atoms. The highest BCUT2D eigenvalue weighted by atomic mass is 19.1. The number of furan rings is 1. The van der Waals surface area contributed by atoms with E-state index in [9.17, 15) is 9.18 Å². The molecule has 0 bridgehead atoms. The van der Waals surface area contributed by atoms with Crippen LogP contribution in [0.25, 0.3) is 11.1 Å². The summed E-state index contributed by atoms with van der Waals surface area (Å²) in [7, 11) is 0. The Morgan fingerprint density at radius 3 is 2.39 bits per heavy atom. The Balaban J connectivity index is 1.44. The summed E-state index contributed by atoms with van der Waals surface area (Å²) in [6.45, 7) is 7.70. The van der Waals surface area contributed by atoms with Gasteiger partial charge in [-0.3, -0.25) is 4.79 Å². The van der Waals surface area contributed by atoms with Crippen molar-refractivity contribution in [3.63, 3.8) is 0 Å². The van der Waals surface area contributed by atoms with Crippen molar-refractivity contribution in [2.24, 2.45) is 0 Å². The van der Waals surface area contributed by atoms with Gasteiger partial charge < -0.3 is 19.1 Å². The first-order valence-electron chi connectivity index (χ1n) is 10.8. The van der Waals surface area contributed by atoms with Crippen LogP contribution in [0, 0.1) is 19.7 Å². The van der Waals surface area contributed by atoms with Gasteiger partial charge in [-0.2, -0.15) is 4.98 Å². The largest absolute Gasteiger partial charge is 0.442 e. The number of fused-ring (bicyclic) bond motifs is 1. The van der Waals surface area contributed by atoms with Crippen LogP contribution in [0.2, 0.25) is 0 Å². The van der Waals surface area contributed by atoms with E-state index in [0.717, 1.165) is 31.7 Å². The molecule has 2 saturated heterocycles. The van der Waals surface area contributed by atoms with Gasteiger partial charge in [0.15, 0.2) is 0 Å². The third-order valence-electron chi connectivity index (χ3n) is 6.20. The highest BCUT2D eigenvalue weighted by molar-refractivity contribution is 6.10. The number of halogens is 1. The topological polar surface area (TPSA) is 65.7 Å². The van der Waals surface area contributed by atoms with Gasteiger partial charge in [0, 0.05) is 39.3 Å². The third-order valence-corrected chi connectivity index (χ3v) is 6.20. The minimum Gasteiger partial charge on any atom is -0.442 e. The minimum absolute atomic E-state index is 0.0719. The van der Waals surface area contributed by atoms with E-state index in [1.807, 2.05) is 29.7 Å². The second kappa shape index (κ2) is 7.83. The molecule has 2 aliphatic rings. The van der Waals surface area contributed by atoms with Crippen LogP contribution in [0.15, 0.2) is 28.7 Å². The molecular weight excluding hydrogens is 397 g/mol. The molecule has 1 amide bonds. The Labute approximate surface area is 180 Å². The van der Waals surface area contributed by atoms with Gasteiger partial charge in [0.2, 0.25) is 5.71 Å². The summed E-state index contributed by atoms with van der Waals surface area (Å²) >= 11 is 0. The zero-order valence-electron chi connectivity index (χ0n) is 17.9. The number of para-hydroxylation sites is 1. The van der Waals surface area contributed by atoms with Crippen molar-refractivity contribution in [1.82, 2.24) is 14.9 Å². The molecule has 0 atom stereocenters. The van der Waals surface area contributed by atoms with Gasteiger partial charge in [0.1, 0.15) is 23.2 Å². The number of nitrogens with zero attached hydrogens (tertiary/aromatic N) is 5. The summed E-state index contributed by atoms with van der Waals surface area (Å²) in [6, 6.07) is 6.77. The van der Waals surface area contributed by atoms with Gasteiger partial charge in [0.05, 0.1) is 16.6 Å². The lowest BCUT2D eigenvalue weighted by molar-refractivity contribution is 0.0746. The molecule has 0 saturated carbocycles. The second-order valence-electron chi connectivity index (χ2n) is 8.23. The molecule has 0 N–H and O–H groups in total. The summed E-state index contributed by atoms with van der Waals surface area (Å²) in [5.74, 6) is 1.70. The average molecular weight is 423 g/mol. The van der Waals surface area contributed by atoms with E-state index in [0.29, 0.717) is 60.1 Å². The number of carbonyl (C=O) groups excluding carboxylic acids is 1. The number of aryl methyl sites for hydroxylation is 2. The maximum absolute atomic E-state index is 14.2. The highest BCUT2D eigenvalue weighted by Gasteiger charge is 2.31. The lowest BCUT2D eigenvalue weighted by Gasteiger charge is -2.36. The Morgan fingerprint density at radius 1 is 0.968 bits per heavy atom. The van der Waals surface area contributed by atoms with Crippen LogP contribution in [0.5, 0.6) is 0 Å². The molecule has 0 unspecified atom stereocenters. The normalized spacial score (nSPS) is 17.1. The Kier molecular flexibility index (Phi) is 5.00. The average Bonchev–Trinajstić information content (AvgIpc) is 3.41. The van der Waals surface area contributed by atoms with Gasteiger partial charge >= 0.3 is 0 Å². The van der Waals surface area contributed by atoms with Crippen LogP contribution in [-0.2, 0) is 0 Å². The first kappa shape index (κ1) is 19.8. The summed E-state index contributed by atoms with van der Waals surface area (Å²) in [4.78, 5) is 28.7. The number of benzene rings is 1. The van der Waals surface area contributed by atoms with E-state index in [2.05, 4.69) is 14.9 Å². The smallest absolute Gasteiger partial charge is 0.258 e. The Bertz CT molecular complexity index is 1130. The fourth-order valence-corrected chi connectivity index (χ4v) is 4.63. The number of piperazine rings is 1. The molecule has 0 radical (unpaired) electrons. The van der Waals surface area contributed by atoms with Crippen LogP contribution < -0.4 is 9.80 Å². The van der Waals surface area contributed by atoms with Crippen LogP contribution in [0.3, 0.4) is 0 Å². The highest BCUT2D eigenvalue weighted by Crippen LogP contribution is 2.34. The lowest BCUT2D eigenvalue weighted by Crippen LogP contribution is -2.49. The predicted molar refractivity (Wildman–Crippen MR) is 117 cm³/mol. The van der Waals surface area contributed by atoms with Gasteiger partial charge in [-0.15, -0.1) is 0 Å².